The normalized spacial score (nSPS) is 12.2. The van der Waals surface area contributed by atoms with Crippen molar-refractivity contribution in [1.29, 1.82) is 0 Å². The van der Waals surface area contributed by atoms with Crippen LogP contribution >= 0.6 is 11.6 Å². The van der Waals surface area contributed by atoms with Gasteiger partial charge in [-0.3, -0.25) is 9.48 Å². The second-order valence-electron chi connectivity index (χ2n) is 5.45. The number of nitrogens with zero attached hydrogens (tertiary/aromatic N) is 5. The highest BCUT2D eigenvalue weighted by atomic mass is 35.5. The molecule has 0 fully saturated rings. The van der Waals surface area contributed by atoms with Crippen LogP contribution in [0.3, 0.4) is 0 Å². The van der Waals surface area contributed by atoms with E-state index >= 15 is 0 Å². The molecule has 2 aromatic rings. The average Bonchev–Trinajstić information content (AvgIpc) is 3.02. The highest BCUT2D eigenvalue weighted by Crippen LogP contribution is 2.26. The predicted molar refractivity (Wildman–Crippen MR) is 87.8 cm³/mol. The van der Waals surface area contributed by atoms with Gasteiger partial charge in [0.2, 0.25) is 5.91 Å². The maximum atomic E-state index is 12.2. The first kappa shape index (κ1) is 17.9. The molecule has 2 aromatic heterocycles. The molecule has 10 heteroatoms. The first-order valence-corrected chi connectivity index (χ1v) is 7.83. The highest BCUT2D eigenvalue weighted by Gasteiger charge is 2.25. The molecule has 0 saturated heterocycles. The van der Waals surface area contributed by atoms with E-state index in [0.29, 0.717) is 5.69 Å². The van der Waals surface area contributed by atoms with Crippen molar-refractivity contribution in [2.75, 3.05) is 0 Å². The molecule has 1 amide bonds. The Balaban J connectivity index is 2.09. The Kier molecular flexibility index (Phi) is 5.23. The first-order chi connectivity index (χ1) is 11.2. The monoisotopic (exact) mass is 354 g/mol. The molecule has 0 spiro atoms. The molecule has 0 bridgehead atoms. The standard InChI is InChI=1S/C14H19ClN6O3/c1-5-19-6-11(9(3)17-19)8(2)16-12(22)7-20-10(4)13(15)14(18-20)21(23)24/h6,8H,5,7H2,1-4H3,(H,16,22). The summed E-state index contributed by atoms with van der Waals surface area (Å²) in [6.45, 7) is 7.89. The quantitative estimate of drug-likeness (QED) is 0.631. The molecule has 0 aliphatic heterocycles. The Bertz CT molecular complexity index is 782. The zero-order valence-electron chi connectivity index (χ0n) is 13.9. The Hall–Kier alpha value is -2.42. The lowest BCUT2D eigenvalue weighted by Gasteiger charge is -2.12. The molecule has 0 saturated carbocycles. The Labute approximate surface area is 143 Å². The zero-order chi connectivity index (χ0) is 18.0. The molecular weight excluding hydrogens is 336 g/mol. The third-order valence-electron chi connectivity index (χ3n) is 3.74. The smallest absolute Gasteiger partial charge is 0.358 e. The summed E-state index contributed by atoms with van der Waals surface area (Å²) in [5.41, 5.74) is 2.14. The summed E-state index contributed by atoms with van der Waals surface area (Å²) in [6.07, 6.45) is 1.89. The molecule has 9 nitrogen and oxygen atoms in total. The van der Waals surface area contributed by atoms with Gasteiger partial charge in [0.15, 0.2) is 5.02 Å². The molecule has 1 N–H and O–H groups in total. The minimum absolute atomic E-state index is 0.0547. The zero-order valence-corrected chi connectivity index (χ0v) is 14.7. The second-order valence-corrected chi connectivity index (χ2v) is 5.83. The number of carbonyl (C=O) groups excluding carboxylic acids is 1. The van der Waals surface area contributed by atoms with E-state index < -0.39 is 10.7 Å². The summed E-state index contributed by atoms with van der Waals surface area (Å²) in [7, 11) is 0. The van der Waals surface area contributed by atoms with Crippen molar-refractivity contribution in [3.63, 3.8) is 0 Å². The van der Waals surface area contributed by atoms with Gasteiger partial charge in [0.1, 0.15) is 6.54 Å². The van der Waals surface area contributed by atoms with E-state index in [2.05, 4.69) is 15.5 Å². The molecule has 2 heterocycles. The van der Waals surface area contributed by atoms with Crippen LogP contribution in [-0.4, -0.2) is 30.4 Å². The fourth-order valence-corrected chi connectivity index (χ4v) is 2.60. The molecule has 1 unspecified atom stereocenters. The van der Waals surface area contributed by atoms with E-state index in [1.165, 1.54) is 4.68 Å². The number of nitrogens with one attached hydrogen (secondary N) is 1. The molecule has 130 valence electrons. The van der Waals surface area contributed by atoms with Gasteiger partial charge in [-0.2, -0.15) is 9.78 Å². The van der Waals surface area contributed by atoms with Gasteiger partial charge >= 0.3 is 5.82 Å². The summed E-state index contributed by atoms with van der Waals surface area (Å²) in [6, 6.07) is -0.237. The number of hydrogen-bond acceptors (Lipinski definition) is 5. The SMILES string of the molecule is CCn1cc(C(C)NC(=O)Cn2nc([N+](=O)[O-])c(Cl)c2C)c(C)n1. The summed E-state index contributed by atoms with van der Waals surface area (Å²) in [5.74, 6) is -0.765. The van der Waals surface area contributed by atoms with Gasteiger partial charge in [-0.25, -0.2) is 0 Å². The van der Waals surface area contributed by atoms with Crippen LogP contribution in [0.25, 0.3) is 0 Å². The number of rotatable bonds is 6. The third-order valence-corrected chi connectivity index (χ3v) is 4.18. The van der Waals surface area contributed by atoms with Gasteiger partial charge in [0.25, 0.3) is 0 Å². The van der Waals surface area contributed by atoms with E-state index in [-0.39, 0.29) is 23.5 Å². The number of aryl methyl sites for hydroxylation is 2. The number of nitro groups is 1. The summed E-state index contributed by atoms with van der Waals surface area (Å²) in [5, 5.41) is 21.7. The van der Waals surface area contributed by atoms with Crippen molar-refractivity contribution in [3.8, 4) is 0 Å². The lowest BCUT2D eigenvalue weighted by Crippen LogP contribution is -2.31. The molecule has 0 radical (unpaired) electrons. The minimum Gasteiger partial charge on any atom is -0.358 e. The van der Waals surface area contributed by atoms with Crippen molar-refractivity contribution in [3.05, 3.63) is 38.3 Å². The van der Waals surface area contributed by atoms with Crippen LogP contribution in [0, 0.1) is 24.0 Å². The number of hydrogen-bond donors (Lipinski definition) is 1. The van der Waals surface area contributed by atoms with Crippen molar-refractivity contribution in [2.24, 2.45) is 0 Å². The third kappa shape index (κ3) is 3.56. The number of amides is 1. The molecular formula is C14H19ClN6O3. The topological polar surface area (TPSA) is 108 Å². The van der Waals surface area contributed by atoms with Gasteiger partial charge in [-0.15, -0.1) is 0 Å². The largest absolute Gasteiger partial charge is 0.408 e. The Morgan fingerprint density at radius 1 is 1.46 bits per heavy atom. The summed E-state index contributed by atoms with van der Waals surface area (Å²) < 4.78 is 3.03. The van der Waals surface area contributed by atoms with Crippen LogP contribution < -0.4 is 5.32 Å². The van der Waals surface area contributed by atoms with Gasteiger partial charge in [-0.1, -0.05) is 11.6 Å². The van der Waals surface area contributed by atoms with E-state index in [0.717, 1.165) is 17.8 Å². The van der Waals surface area contributed by atoms with E-state index in [4.69, 9.17) is 11.6 Å². The van der Waals surface area contributed by atoms with Gasteiger partial charge in [-0.05, 0) is 32.6 Å². The minimum atomic E-state index is -0.672. The predicted octanol–water partition coefficient (Wildman–Crippen LogP) is 2.16. The first-order valence-electron chi connectivity index (χ1n) is 7.45. The fraction of sp³-hybridized carbons (Fsp3) is 0.500. The molecule has 0 aromatic carbocycles. The van der Waals surface area contributed by atoms with Crippen molar-refractivity contribution in [2.45, 2.75) is 46.8 Å². The lowest BCUT2D eigenvalue weighted by atomic mass is 10.1. The van der Waals surface area contributed by atoms with Crippen molar-refractivity contribution in [1.82, 2.24) is 24.9 Å². The van der Waals surface area contributed by atoms with Gasteiger partial charge in [0, 0.05) is 18.3 Å². The maximum absolute atomic E-state index is 12.2. The van der Waals surface area contributed by atoms with E-state index in [9.17, 15) is 14.9 Å². The van der Waals surface area contributed by atoms with Crippen LogP contribution in [-0.2, 0) is 17.9 Å². The number of aromatic nitrogens is 4. The number of halogens is 1. The van der Waals surface area contributed by atoms with Gasteiger partial charge in [0.05, 0.1) is 22.5 Å². The highest BCUT2D eigenvalue weighted by molar-refractivity contribution is 6.33. The molecule has 0 aliphatic rings. The molecule has 1 atom stereocenters. The molecule has 0 aliphatic carbocycles. The maximum Gasteiger partial charge on any atom is 0.408 e. The number of carbonyl (C=O) groups is 1. The Morgan fingerprint density at radius 3 is 2.62 bits per heavy atom. The summed E-state index contributed by atoms with van der Waals surface area (Å²) >= 11 is 5.87. The van der Waals surface area contributed by atoms with Crippen LogP contribution in [0.5, 0.6) is 0 Å². The van der Waals surface area contributed by atoms with E-state index in [1.807, 2.05) is 27.0 Å². The summed E-state index contributed by atoms with van der Waals surface area (Å²) in [4.78, 5) is 22.4. The lowest BCUT2D eigenvalue weighted by molar-refractivity contribution is -0.389. The van der Waals surface area contributed by atoms with Gasteiger partial charge < -0.3 is 15.4 Å². The van der Waals surface area contributed by atoms with E-state index in [1.54, 1.807) is 11.6 Å². The second kappa shape index (κ2) is 7.00. The van der Waals surface area contributed by atoms with Crippen LogP contribution in [0.1, 0.15) is 36.8 Å². The van der Waals surface area contributed by atoms with Crippen LogP contribution in [0.2, 0.25) is 5.02 Å². The van der Waals surface area contributed by atoms with Crippen LogP contribution in [0.4, 0.5) is 5.82 Å². The van der Waals surface area contributed by atoms with Crippen molar-refractivity contribution < 1.29 is 9.72 Å². The Morgan fingerprint density at radius 2 is 2.12 bits per heavy atom. The van der Waals surface area contributed by atoms with Crippen molar-refractivity contribution >= 4 is 23.3 Å². The molecule has 2 rings (SSSR count). The molecule has 24 heavy (non-hydrogen) atoms. The average molecular weight is 355 g/mol. The fourth-order valence-electron chi connectivity index (χ4n) is 2.40. The van der Waals surface area contributed by atoms with Crippen LogP contribution in [0.15, 0.2) is 6.20 Å².